The highest BCUT2D eigenvalue weighted by Crippen LogP contribution is 2.06. The van der Waals surface area contributed by atoms with Gasteiger partial charge in [0.15, 0.2) is 5.78 Å². The van der Waals surface area contributed by atoms with Gasteiger partial charge in [-0.05, 0) is 19.5 Å². The molecule has 1 rings (SSSR count). The molecule has 0 bridgehead atoms. The van der Waals surface area contributed by atoms with E-state index in [1.807, 2.05) is 43.0 Å². The number of hydrogen-bond acceptors (Lipinski definition) is 3. The summed E-state index contributed by atoms with van der Waals surface area (Å²) < 4.78 is 0. The van der Waals surface area contributed by atoms with Gasteiger partial charge in [0, 0.05) is 18.5 Å². The molecule has 0 saturated heterocycles. The van der Waals surface area contributed by atoms with Crippen molar-refractivity contribution in [1.29, 1.82) is 5.26 Å². The highest BCUT2D eigenvalue weighted by atomic mass is 16.1. The number of likely N-dealkylation sites (N-methyl/N-ethyl adjacent to an activating group) is 1. The van der Waals surface area contributed by atoms with Gasteiger partial charge < -0.3 is 0 Å². The van der Waals surface area contributed by atoms with Gasteiger partial charge in [-0.1, -0.05) is 30.7 Å². The highest BCUT2D eigenvalue weighted by Gasteiger charge is 2.10. The summed E-state index contributed by atoms with van der Waals surface area (Å²) >= 11 is 0. The van der Waals surface area contributed by atoms with E-state index in [1.165, 1.54) is 0 Å². The maximum atomic E-state index is 12.0. The van der Waals surface area contributed by atoms with Crippen LogP contribution in [0.15, 0.2) is 24.3 Å². The van der Waals surface area contributed by atoms with Crippen LogP contribution in [0.1, 0.15) is 29.3 Å². The van der Waals surface area contributed by atoms with Gasteiger partial charge in [0.05, 0.1) is 12.6 Å². The van der Waals surface area contributed by atoms with Crippen molar-refractivity contribution < 1.29 is 4.79 Å². The molecule has 3 nitrogen and oxygen atoms in total. The van der Waals surface area contributed by atoms with E-state index in [0.717, 1.165) is 17.7 Å². The van der Waals surface area contributed by atoms with Crippen molar-refractivity contribution >= 4 is 5.78 Å². The molecule has 0 saturated carbocycles. The lowest BCUT2D eigenvalue weighted by Gasteiger charge is -2.17. The molecule has 0 aliphatic carbocycles. The topological polar surface area (TPSA) is 44.1 Å². The summed E-state index contributed by atoms with van der Waals surface area (Å²) in [5.41, 5.74) is 1.84. The van der Waals surface area contributed by atoms with Gasteiger partial charge in [-0.25, -0.2) is 0 Å². The van der Waals surface area contributed by atoms with Gasteiger partial charge in [0.2, 0.25) is 0 Å². The SMILES string of the molecule is CCN(CCC#N)CC(=O)c1cccc(C)c1. The summed E-state index contributed by atoms with van der Waals surface area (Å²) in [6, 6.07) is 9.72. The van der Waals surface area contributed by atoms with E-state index < -0.39 is 0 Å². The molecule has 0 amide bonds. The maximum absolute atomic E-state index is 12.0. The van der Waals surface area contributed by atoms with Gasteiger partial charge in [-0.3, -0.25) is 9.69 Å². The molecule has 3 heteroatoms. The molecule has 0 aliphatic heterocycles. The zero-order valence-electron chi connectivity index (χ0n) is 10.4. The molecular weight excluding hydrogens is 212 g/mol. The molecule has 0 unspecified atom stereocenters. The Balaban J connectivity index is 2.61. The van der Waals surface area contributed by atoms with Crippen molar-refractivity contribution in [3.05, 3.63) is 35.4 Å². The maximum Gasteiger partial charge on any atom is 0.176 e. The minimum atomic E-state index is 0.119. The third-order valence-corrected chi connectivity index (χ3v) is 2.69. The Bertz CT molecular complexity index is 420. The first kappa shape index (κ1) is 13.4. The normalized spacial score (nSPS) is 10.2. The predicted molar refractivity (Wildman–Crippen MR) is 67.9 cm³/mol. The zero-order valence-corrected chi connectivity index (χ0v) is 10.4. The van der Waals surface area contributed by atoms with Gasteiger partial charge in [-0.15, -0.1) is 0 Å². The van der Waals surface area contributed by atoms with Gasteiger partial charge in [-0.2, -0.15) is 5.26 Å². The van der Waals surface area contributed by atoms with Crippen molar-refractivity contribution in [2.24, 2.45) is 0 Å². The zero-order chi connectivity index (χ0) is 12.7. The van der Waals surface area contributed by atoms with E-state index in [2.05, 4.69) is 6.07 Å². The van der Waals surface area contributed by atoms with Crippen LogP contribution in [-0.4, -0.2) is 30.3 Å². The second kappa shape index (κ2) is 6.82. The average Bonchev–Trinajstić information content (AvgIpc) is 2.34. The van der Waals surface area contributed by atoms with Crippen molar-refractivity contribution in [2.45, 2.75) is 20.3 Å². The third-order valence-electron chi connectivity index (χ3n) is 2.69. The molecule has 0 spiro atoms. The number of nitriles is 1. The largest absolute Gasteiger partial charge is 0.295 e. The van der Waals surface area contributed by atoms with Crippen LogP contribution < -0.4 is 0 Å². The standard InChI is InChI=1S/C14H18N2O/c1-3-16(9-5-8-15)11-14(17)13-7-4-6-12(2)10-13/h4,6-7,10H,3,5,9,11H2,1-2H3. The summed E-state index contributed by atoms with van der Waals surface area (Å²) in [5, 5.41) is 8.54. The number of rotatable bonds is 6. The summed E-state index contributed by atoms with van der Waals surface area (Å²) in [6.45, 7) is 5.82. The van der Waals surface area contributed by atoms with Crippen molar-refractivity contribution in [3.63, 3.8) is 0 Å². The van der Waals surface area contributed by atoms with Crippen molar-refractivity contribution in [2.75, 3.05) is 19.6 Å². The molecule has 17 heavy (non-hydrogen) atoms. The fraction of sp³-hybridized carbons (Fsp3) is 0.429. The number of ketones is 1. The first-order chi connectivity index (χ1) is 8.17. The van der Waals surface area contributed by atoms with E-state index in [9.17, 15) is 4.79 Å². The van der Waals surface area contributed by atoms with Crippen molar-refractivity contribution in [1.82, 2.24) is 4.90 Å². The lowest BCUT2D eigenvalue weighted by atomic mass is 10.1. The number of benzene rings is 1. The first-order valence-electron chi connectivity index (χ1n) is 5.86. The van der Waals surface area contributed by atoms with E-state index in [4.69, 9.17) is 5.26 Å². The van der Waals surface area contributed by atoms with E-state index in [-0.39, 0.29) is 5.78 Å². The molecule has 0 fully saturated rings. The van der Waals surface area contributed by atoms with Gasteiger partial charge in [0.1, 0.15) is 0 Å². The van der Waals surface area contributed by atoms with Crippen LogP contribution in [0.2, 0.25) is 0 Å². The molecule has 0 radical (unpaired) electrons. The number of hydrogen-bond donors (Lipinski definition) is 0. The summed E-state index contributed by atoms with van der Waals surface area (Å²) in [6.07, 6.45) is 0.467. The molecule has 90 valence electrons. The molecule has 0 aromatic heterocycles. The van der Waals surface area contributed by atoms with Crippen LogP contribution in [-0.2, 0) is 0 Å². The highest BCUT2D eigenvalue weighted by molar-refractivity contribution is 5.97. The van der Waals surface area contributed by atoms with Crippen molar-refractivity contribution in [3.8, 4) is 6.07 Å². The minimum Gasteiger partial charge on any atom is -0.295 e. The molecule has 0 heterocycles. The van der Waals surface area contributed by atoms with Crippen LogP contribution in [0.4, 0.5) is 0 Å². The number of aryl methyl sites for hydroxylation is 1. The average molecular weight is 230 g/mol. The van der Waals surface area contributed by atoms with Crippen LogP contribution in [0, 0.1) is 18.3 Å². The molecule has 1 aromatic carbocycles. The van der Waals surface area contributed by atoms with Gasteiger partial charge >= 0.3 is 0 Å². The number of Topliss-reactive ketones (excluding diaryl/α,β-unsaturated/α-hetero) is 1. The van der Waals surface area contributed by atoms with Crippen LogP contribution in [0.25, 0.3) is 0 Å². The third kappa shape index (κ3) is 4.38. The Labute approximate surface area is 103 Å². The second-order valence-electron chi connectivity index (χ2n) is 4.07. The smallest absolute Gasteiger partial charge is 0.176 e. The Morgan fingerprint density at radius 3 is 2.82 bits per heavy atom. The van der Waals surface area contributed by atoms with E-state index in [0.29, 0.717) is 19.5 Å². The number of carbonyl (C=O) groups excluding carboxylic acids is 1. The molecular formula is C14H18N2O. The fourth-order valence-electron chi connectivity index (χ4n) is 1.67. The summed E-state index contributed by atoms with van der Waals surface area (Å²) in [7, 11) is 0. The first-order valence-corrected chi connectivity index (χ1v) is 5.86. The van der Waals surface area contributed by atoms with Crippen LogP contribution >= 0.6 is 0 Å². The van der Waals surface area contributed by atoms with E-state index >= 15 is 0 Å². The predicted octanol–water partition coefficient (Wildman–Crippen LogP) is 2.41. The Kier molecular flexibility index (Phi) is 5.38. The molecule has 1 aromatic rings. The minimum absolute atomic E-state index is 0.119. The van der Waals surface area contributed by atoms with Crippen LogP contribution in [0.5, 0.6) is 0 Å². The monoisotopic (exact) mass is 230 g/mol. The van der Waals surface area contributed by atoms with E-state index in [1.54, 1.807) is 0 Å². The molecule has 0 atom stereocenters. The summed E-state index contributed by atoms with van der Waals surface area (Å²) in [5.74, 6) is 0.119. The Morgan fingerprint density at radius 1 is 1.47 bits per heavy atom. The quantitative estimate of drug-likeness (QED) is 0.705. The summed E-state index contributed by atoms with van der Waals surface area (Å²) in [4.78, 5) is 14.0. The number of nitrogens with zero attached hydrogens (tertiary/aromatic N) is 2. The van der Waals surface area contributed by atoms with Crippen LogP contribution in [0.3, 0.4) is 0 Å². The fourth-order valence-corrected chi connectivity index (χ4v) is 1.67. The molecule has 0 aliphatic rings. The lowest BCUT2D eigenvalue weighted by Crippen LogP contribution is -2.30. The lowest BCUT2D eigenvalue weighted by molar-refractivity contribution is 0.0935. The number of carbonyl (C=O) groups is 1. The Hall–Kier alpha value is -1.66. The Morgan fingerprint density at radius 2 is 2.24 bits per heavy atom. The molecule has 0 N–H and O–H groups in total. The van der Waals surface area contributed by atoms with Gasteiger partial charge in [0.25, 0.3) is 0 Å². The second-order valence-corrected chi connectivity index (χ2v) is 4.07.